The lowest BCUT2D eigenvalue weighted by Gasteiger charge is -2.37. The molecule has 2 N–H and O–H groups in total. The van der Waals surface area contributed by atoms with E-state index in [1.54, 1.807) is 0 Å². The molecule has 1 aliphatic rings. The van der Waals surface area contributed by atoms with Gasteiger partial charge in [0.2, 0.25) is 5.91 Å². The maximum Gasteiger partial charge on any atom is 0.319 e. The second-order valence-corrected chi connectivity index (χ2v) is 5.06. The smallest absolute Gasteiger partial charge is 0.319 e. The van der Waals surface area contributed by atoms with E-state index in [1.165, 1.54) is 9.80 Å². The predicted molar refractivity (Wildman–Crippen MR) is 66.9 cm³/mol. The number of hydrogen-bond donors (Lipinski definition) is 1. The normalized spacial score (nSPS) is 19.4. The van der Waals surface area contributed by atoms with Crippen LogP contribution in [0, 0.1) is 0 Å². The first kappa shape index (κ1) is 17.2. The van der Waals surface area contributed by atoms with Crippen LogP contribution in [-0.2, 0) is 4.79 Å². The van der Waals surface area contributed by atoms with Crippen LogP contribution in [0.4, 0.5) is 17.6 Å². The summed E-state index contributed by atoms with van der Waals surface area (Å²) < 4.78 is 50.1. The summed E-state index contributed by atoms with van der Waals surface area (Å²) in [6.45, 7) is 1.75. The zero-order valence-electron chi connectivity index (χ0n) is 11.5. The van der Waals surface area contributed by atoms with Gasteiger partial charge in [0.05, 0.1) is 12.6 Å². The molecule has 20 heavy (non-hydrogen) atoms. The van der Waals surface area contributed by atoms with Crippen LogP contribution in [0.2, 0.25) is 0 Å². The lowest BCUT2D eigenvalue weighted by molar-refractivity contribution is -0.148. The molecule has 0 bridgehead atoms. The second-order valence-electron chi connectivity index (χ2n) is 5.06. The number of nitrogens with two attached hydrogens (primary N) is 1. The van der Waals surface area contributed by atoms with Crippen molar-refractivity contribution in [1.29, 1.82) is 0 Å². The fourth-order valence-electron chi connectivity index (χ4n) is 2.16. The number of amides is 1. The minimum absolute atomic E-state index is 0.160. The van der Waals surface area contributed by atoms with Crippen molar-refractivity contribution in [2.45, 2.75) is 38.2 Å². The number of carbonyl (C=O) groups excluding carboxylic acids is 1. The van der Waals surface area contributed by atoms with Crippen LogP contribution < -0.4 is 5.73 Å². The van der Waals surface area contributed by atoms with E-state index in [-0.39, 0.29) is 32.1 Å². The van der Waals surface area contributed by atoms with Gasteiger partial charge in [-0.15, -0.1) is 0 Å². The molecule has 1 amide bonds. The van der Waals surface area contributed by atoms with Gasteiger partial charge in [-0.3, -0.25) is 9.69 Å². The number of halogens is 4. The average Bonchev–Trinajstić information content (AvgIpc) is 2.38. The first-order chi connectivity index (χ1) is 9.27. The van der Waals surface area contributed by atoms with E-state index in [0.29, 0.717) is 6.42 Å². The molecule has 4 nitrogen and oxygen atoms in total. The highest BCUT2D eigenvalue weighted by molar-refractivity contribution is 5.81. The standard InChI is InChI=1S/C12H21F4N3O/c1-2-3-9(17)10(20)19-6-4-18(5-7-19)8-12(15,16)11(13)14/h9,11H,2-8,17H2,1H3. The minimum atomic E-state index is -4.01. The molecule has 0 radical (unpaired) electrons. The molecule has 1 rings (SSSR count). The number of nitrogens with zero attached hydrogens (tertiary/aromatic N) is 2. The van der Waals surface area contributed by atoms with Crippen LogP contribution in [0.15, 0.2) is 0 Å². The summed E-state index contributed by atoms with van der Waals surface area (Å²) in [4.78, 5) is 14.7. The van der Waals surface area contributed by atoms with Crippen LogP contribution in [0.1, 0.15) is 19.8 Å². The number of rotatable bonds is 6. The van der Waals surface area contributed by atoms with E-state index in [4.69, 9.17) is 5.73 Å². The van der Waals surface area contributed by atoms with Gasteiger partial charge in [0.15, 0.2) is 0 Å². The van der Waals surface area contributed by atoms with Gasteiger partial charge >= 0.3 is 12.3 Å². The van der Waals surface area contributed by atoms with Crippen molar-refractivity contribution < 1.29 is 22.4 Å². The van der Waals surface area contributed by atoms with Crippen molar-refractivity contribution >= 4 is 5.91 Å². The van der Waals surface area contributed by atoms with Gasteiger partial charge in [0, 0.05) is 26.2 Å². The third-order valence-corrected chi connectivity index (χ3v) is 3.35. The van der Waals surface area contributed by atoms with Crippen LogP contribution in [-0.4, -0.2) is 66.8 Å². The highest BCUT2D eigenvalue weighted by Gasteiger charge is 2.42. The topological polar surface area (TPSA) is 49.6 Å². The summed E-state index contributed by atoms with van der Waals surface area (Å²) in [6.07, 6.45) is -2.31. The fraction of sp³-hybridized carbons (Fsp3) is 0.917. The van der Waals surface area contributed by atoms with Crippen molar-refractivity contribution in [2.75, 3.05) is 32.7 Å². The highest BCUT2D eigenvalue weighted by Crippen LogP contribution is 2.24. The van der Waals surface area contributed by atoms with Crippen molar-refractivity contribution in [1.82, 2.24) is 9.80 Å². The van der Waals surface area contributed by atoms with E-state index in [2.05, 4.69) is 0 Å². The Morgan fingerprint density at radius 2 is 1.80 bits per heavy atom. The van der Waals surface area contributed by atoms with E-state index in [9.17, 15) is 22.4 Å². The largest absolute Gasteiger partial charge is 0.339 e. The molecule has 0 aromatic rings. The van der Waals surface area contributed by atoms with Crippen molar-refractivity contribution in [3.05, 3.63) is 0 Å². The summed E-state index contributed by atoms with van der Waals surface area (Å²) in [7, 11) is 0. The molecule has 1 unspecified atom stereocenters. The molecule has 0 aromatic carbocycles. The molecule has 1 saturated heterocycles. The number of alkyl halides is 4. The third kappa shape index (κ3) is 4.59. The molecular formula is C12H21F4N3O. The van der Waals surface area contributed by atoms with Gasteiger partial charge in [-0.05, 0) is 6.42 Å². The lowest BCUT2D eigenvalue weighted by atomic mass is 10.1. The molecule has 0 saturated carbocycles. The summed E-state index contributed by atoms with van der Waals surface area (Å²) in [6, 6.07) is -0.575. The van der Waals surface area contributed by atoms with Crippen molar-refractivity contribution in [3.63, 3.8) is 0 Å². The molecule has 118 valence electrons. The maximum atomic E-state index is 12.9. The van der Waals surface area contributed by atoms with Crippen LogP contribution in [0.5, 0.6) is 0 Å². The summed E-state index contributed by atoms with van der Waals surface area (Å²) in [5.41, 5.74) is 5.71. The van der Waals surface area contributed by atoms with Crippen LogP contribution in [0.25, 0.3) is 0 Å². The molecule has 1 aliphatic heterocycles. The van der Waals surface area contributed by atoms with Gasteiger partial charge in [-0.1, -0.05) is 13.3 Å². The zero-order chi connectivity index (χ0) is 15.3. The first-order valence-electron chi connectivity index (χ1n) is 6.70. The molecule has 1 atom stereocenters. The summed E-state index contributed by atoms with van der Waals surface area (Å²) in [5, 5.41) is 0. The predicted octanol–water partition coefficient (Wildman–Crippen LogP) is 1.16. The Labute approximate surface area is 115 Å². The Bertz CT molecular complexity index is 320. The first-order valence-corrected chi connectivity index (χ1v) is 6.70. The third-order valence-electron chi connectivity index (χ3n) is 3.35. The van der Waals surface area contributed by atoms with E-state index in [0.717, 1.165) is 6.42 Å². The summed E-state index contributed by atoms with van der Waals surface area (Å²) in [5.74, 6) is -4.21. The molecule has 1 fully saturated rings. The highest BCUT2D eigenvalue weighted by atomic mass is 19.3. The lowest BCUT2D eigenvalue weighted by Crippen LogP contribution is -2.55. The molecule has 0 aromatic heterocycles. The van der Waals surface area contributed by atoms with Gasteiger partial charge in [-0.2, -0.15) is 8.78 Å². The Balaban J connectivity index is 2.42. The molecule has 1 heterocycles. The summed E-state index contributed by atoms with van der Waals surface area (Å²) >= 11 is 0. The molecule has 0 spiro atoms. The van der Waals surface area contributed by atoms with E-state index >= 15 is 0 Å². The Hall–Kier alpha value is -0.890. The Morgan fingerprint density at radius 3 is 2.25 bits per heavy atom. The quantitative estimate of drug-likeness (QED) is 0.749. The molecule has 8 heteroatoms. The number of piperazine rings is 1. The van der Waals surface area contributed by atoms with Crippen LogP contribution in [0.3, 0.4) is 0 Å². The monoisotopic (exact) mass is 299 g/mol. The molecule has 0 aliphatic carbocycles. The average molecular weight is 299 g/mol. The Kier molecular flexibility index (Phi) is 6.19. The van der Waals surface area contributed by atoms with Crippen molar-refractivity contribution in [2.24, 2.45) is 5.73 Å². The van der Waals surface area contributed by atoms with Crippen LogP contribution >= 0.6 is 0 Å². The zero-order valence-corrected chi connectivity index (χ0v) is 11.5. The fourth-order valence-corrected chi connectivity index (χ4v) is 2.16. The second kappa shape index (κ2) is 7.21. The van der Waals surface area contributed by atoms with Crippen molar-refractivity contribution in [3.8, 4) is 0 Å². The number of hydrogen-bond acceptors (Lipinski definition) is 3. The maximum absolute atomic E-state index is 12.9. The van der Waals surface area contributed by atoms with E-state index < -0.39 is 24.9 Å². The van der Waals surface area contributed by atoms with Gasteiger partial charge in [-0.25, -0.2) is 8.78 Å². The Morgan fingerprint density at radius 1 is 1.25 bits per heavy atom. The van der Waals surface area contributed by atoms with E-state index in [1.807, 2.05) is 6.92 Å². The van der Waals surface area contributed by atoms with Gasteiger partial charge in [0.1, 0.15) is 0 Å². The number of carbonyl (C=O) groups is 1. The SMILES string of the molecule is CCCC(N)C(=O)N1CCN(CC(F)(F)C(F)F)CC1. The molecular weight excluding hydrogens is 278 g/mol. The minimum Gasteiger partial charge on any atom is -0.339 e. The van der Waals surface area contributed by atoms with Gasteiger partial charge in [0.25, 0.3) is 0 Å². The van der Waals surface area contributed by atoms with Gasteiger partial charge < -0.3 is 10.6 Å².